The first kappa shape index (κ1) is 18.6. The monoisotopic (exact) mass is 386 g/mol. The molecule has 0 aliphatic rings. The zero-order valence-corrected chi connectivity index (χ0v) is 16.3. The predicted octanol–water partition coefficient (Wildman–Crippen LogP) is 5.30. The Morgan fingerprint density at radius 3 is 2.59 bits per heavy atom. The highest BCUT2D eigenvalue weighted by Crippen LogP contribution is 2.32. The molecule has 2 N–H and O–H groups in total. The van der Waals surface area contributed by atoms with Gasteiger partial charge in [0.1, 0.15) is 11.3 Å². The molecule has 0 aliphatic carbocycles. The van der Waals surface area contributed by atoms with Crippen molar-refractivity contribution in [3.8, 4) is 22.8 Å². The number of aromatic hydroxyl groups is 1. The minimum Gasteiger partial charge on any atom is -0.504 e. The number of fused-ring (bicyclic) bond motifs is 1. The topological polar surface area (TPSA) is 67.0 Å². The van der Waals surface area contributed by atoms with Crippen molar-refractivity contribution < 1.29 is 14.3 Å². The van der Waals surface area contributed by atoms with E-state index in [-0.39, 0.29) is 5.75 Å². The van der Waals surface area contributed by atoms with Gasteiger partial charge in [-0.3, -0.25) is 5.43 Å². The average molecular weight is 386 g/mol. The third-order valence-corrected chi connectivity index (χ3v) is 4.76. The second-order valence-electron chi connectivity index (χ2n) is 6.66. The minimum atomic E-state index is 0.0836. The summed E-state index contributed by atoms with van der Waals surface area (Å²) in [4.78, 5) is 0. The first-order chi connectivity index (χ1) is 14.2. The first-order valence-corrected chi connectivity index (χ1v) is 9.47. The van der Waals surface area contributed by atoms with Gasteiger partial charge in [-0.2, -0.15) is 5.10 Å². The maximum Gasteiger partial charge on any atom is 0.161 e. The number of phenolic OH excluding ortho intramolecular Hbond substituents is 1. The van der Waals surface area contributed by atoms with E-state index in [0.29, 0.717) is 11.5 Å². The molecular weight excluding hydrogens is 364 g/mol. The molecule has 0 saturated heterocycles. The summed E-state index contributed by atoms with van der Waals surface area (Å²) in [7, 11) is 1.52. The number of ether oxygens (including phenoxy) is 1. The lowest BCUT2D eigenvalue weighted by Crippen LogP contribution is -2.08. The Morgan fingerprint density at radius 1 is 1.00 bits per heavy atom. The summed E-state index contributed by atoms with van der Waals surface area (Å²) < 4.78 is 11.4. The molecule has 0 atom stereocenters. The van der Waals surface area contributed by atoms with Crippen LogP contribution in [0, 0.1) is 0 Å². The second-order valence-corrected chi connectivity index (χ2v) is 6.66. The molecule has 0 saturated carbocycles. The highest BCUT2D eigenvalue weighted by molar-refractivity contribution is 5.79. The van der Waals surface area contributed by atoms with Crippen molar-refractivity contribution in [2.24, 2.45) is 5.10 Å². The molecule has 5 nitrogen and oxygen atoms in total. The average Bonchev–Trinajstić information content (AvgIpc) is 2.78. The number of rotatable bonds is 5. The van der Waals surface area contributed by atoms with Crippen molar-refractivity contribution in [2.45, 2.75) is 13.3 Å². The van der Waals surface area contributed by atoms with E-state index in [2.05, 4.69) is 29.6 Å². The van der Waals surface area contributed by atoms with E-state index in [1.54, 1.807) is 18.2 Å². The quantitative estimate of drug-likeness (QED) is 0.457. The molecule has 0 aliphatic heterocycles. The van der Waals surface area contributed by atoms with Crippen molar-refractivity contribution in [3.05, 3.63) is 83.7 Å². The summed E-state index contributed by atoms with van der Waals surface area (Å²) in [6.45, 7) is 2.12. The van der Waals surface area contributed by atoms with Gasteiger partial charge < -0.3 is 14.3 Å². The van der Waals surface area contributed by atoms with E-state index in [0.717, 1.165) is 34.0 Å². The number of nitrogens with one attached hydrogen (secondary N) is 1. The molecule has 0 spiro atoms. The van der Waals surface area contributed by atoms with Crippen LogP contribution in [0.5, 0.6) is 11.5 Å². The molecule has 1 aromatic heterocycles. The fourth-order valence-electron chi connectivity index (χ4n) is 3.14. The number of hydrogen-bond donors (Lipinski definition) is 2. The number of nitrogens with zero attached hydrogens (tertiary/aromatic N) is 1. The van der Waals surface area contributed by atoms with Crippen LogP contribution in [0.4, 0.5) is 5.69 Å². The number of anilines is 1. The maximum atomic E-state index is 9.89. The van der Waals surface area contributed by atoms with Gasteiger partial charge in [0.2, 0.25) is 0 Å². The lowest BCUT2D eigenvalue weighted by atomic mass is 10.1. The van der Waals surface area contributed by atoms with Crippen molar-refractivity contribution in [2.75, 3.05) is 12.5 Å². The highest BCUT2D eigenvalue weighted by atomic mass is 16.5. The molecule has 3 aromatic carbocycles. The van der Waals surface area contributed by atoms with Crippen LogP contribution < -0.4 is 15.5 Å². The normalized spacial score (nSPS) is 11.6. The largest absolute Gasteiger partial charge is 0.504 e. The lowest BCUT2D eigenvalue weighted by molar-refractivity contribution is 0.373. The molecule has 0 unspecified atom stereocenters. The van der Waals surface area contributed by atoms with E-state index < -0.39 is 0 Å². The number of methoxy groups -OCH3 is 1. The van der Waals surface area contributed by atoms with Crippen LogP contribution in [0.15, 0.2) is 82.3 Å². The van der Waals surface area contributed by atoms with Crippen molar-refractivity contribution in [1.82, 2.24) is 0 Å². The van der Waals surface area contributed by atoms with E-state index in [1.165, 1.54) is 12.7 Å². The van der Waals surface area contributed by atoms with E-state index in [4.69, 9.17) is 9.15 Å². The number of phenols is 1. The summed E-state index contributed by atoms with van der Waals surface area (Å²) >= 11 is 0. The first-order valence-electron chi connectivity index (χ1n) is 9.47. The Bertz CT molecular complexity index is 1210. The third-order valence-electron chi connectivity index (χ3n) is 4.76. The van der Waals surface area contributed by atoms with Crippen LogP contribution in [0.25, 0.3) is 22.3 Å². The second kappa shape index (κ2) is 8.10. The molecule has 0 fully saturated rings. The lowest BCUT2D eigenvalue weighted by Gasteiger charge is -2.09. The molecule has 1 heterocycles. The molecule has 0 radical (unpaired) electrons. The molecule has 0 amide bonds. The van der Waals surface area contributed by atoms with Crippen LogP contribution in [-0.4, -0.2) is 12.2 Å². The van der Waals surface area contributed by atoms with E-state index in [1.807, 2.05) is 42.5 Å². The van der Waals surface area contributed by atoms with Gasteiger partial charge in [0.15, 0.2) is 11.5 Å². The van der Waals surface area contributed by atoms with Crippen LogP contribution >= 0.6 is 0 Å². The van der Waals surface area contributed by atoms with E-state index >= 15 is 0 Å². The summed E-state index contributed by atoms with van der Waals surface area (Å²) in [6.07, 6.45) is 0.929. The molecule has 4 aromatic rings. The van der Waals surface area contributed by atoms with Crippen LogP contribution in [-0.2, 0) is 6.42 Å². The van der Waals surface area contributed by atoms with Crippen molar-refractivity contribution >= 4 is 16.7 Å². The van der Waals surface area contributed by atoms with Gasteiger partial charge in [0.05, 0.1) is 18.2 Å². The van der Waals surface area contributed by atoms with Gasteiger partial charge in [-0.25, -0.2) is 0 Å². The molecule has 29 heavy (non-hydrogen) atoms. The highest BCUT2D eigenvalue weighted by Gasteiger charge is 2.10. The molecule has 5 heteroatoms. The zero-order chi connectivity index (χ0) is 20.2. The van der Waals surface area contributed by atoms with Gasteiger partial charge >= 0.3 is 0 Å². The smallest absolute Gasteiger partial charge is 0.161 e. The van der Waals surface area contributed by atoms with Gasteiger partial charge in [0, 0.05) is 17.0 Å². The van der Waals surface area contributed by atoms with Gasteiger partial charge in [0.25, 0.3) is 0 Å². The SMILES string of the molecule is CCc1ccc2oc(-c3ccc(O)c(OC)c3)c/c(=N\Nc3ccccc3)c2c1. The van der Waals surface area contributed by atoms with Crippen LogP contribution in [0.1, 0.15) is 12.5 Å². The summed E-state index contributed by atoms with van der Waals surface area (Å²) in [6, 6.07) is 22.9. The molecule has 146 valence electrons. The van der Waals surface area contributed by atoms with Gasteiger partial charge in [-0.1, -0.05) is 31.2 Å². The predicted molar refractivity (Wildman–Crippen MR) is 115 cm³/mol. The Hall–Kier alpha value is -3.73. The Labute approximate surface area is 168 Å². The fraction of sp³-hybridized carbons (Fsp3) is 0.125. The van der Waals surface area contributed by atoms with E-state index in [9.17, 15) is 5.11 Å². The molecular formula is C24H22N2O3. The van der Waals surface area contributed by atoms with Gasteiger partial charge in [-0.05, 0) is 54.4 Å². The number of hydrogen-bond acceptors (Lipinski definition) is 5. The molecule has 0 bridgehead atoms. The Balaban J connectivity index is 1.89. The molecule has 4 rings (SSSR count). The van der Waals surface area contributed by atoms with Crippen molar-refractivity contribution in [3.63, 3.8) is 0 Å². The minimum absolute atomic E-state index is 0.0836. The zero-order valence-electron chi connectivity index (χ0n) is 16.3. The number of aryl methyl sites for hydroxylation is 1. The standard InChI is InChI=1S/C24H22N2O3/c1-3-16-9-12-22-19(13-16)20(26-25-18-7-5-4-6-8-18)15-23(29-22)17-10-11-21(27)24(14-17)28-2/h4-15,25,27H,3H2,1-2H3/b26-20+. The third kappa shape index (κ3) is 3.94. The summed E-state index contributed by atoms with van der Waals surface area (Å²) in [5.74, 6) is 1.11. The van der Waals surface area contributed by atoms with Crippen molar-refractivity contribution in [1.29, 1.82) is 0 Å². The Kier molecular flexibility index (Phi) is 5.20. The summed E-state index contributed by atoms with van der Waals surface area (Å²) in [5, 5.41) is 16.2. The number of para-hydroxylation sites is 1. The maximum absolute atomic E-state index is 9.89. The Morgan fingerprint density at radius 2 is 1.83 bits per heavy atom. The number of benzene rings is 3. The summed E-state index contributed by atoms with van der Waals surface area (Å²) in [5.41, 5.74) is 6.76. The van der Waals surface area contributed by atoms with Gasteiger partial charge in [-0.15, -0.1) is 0 Å². The fourth-order valence-corrected chi connectivity index (χ4v) is 3.14. The van der Waals surface area contributed by atoms with Crippen LogP contribution in [0.3, 0.4) is 0 Å². The van der Waals surface area contributed by atoms with Crippen LogP contribution in [0.2, 0.25) is 0 Å².